The number of amides is 1. The third-order valence-corrected chi connectivity index (χ3v) is 6.67. The SMILES string of the molecule is C#Cc1cc2c3c(cnc2cc1-c1c(C)ccc2[nH]ncc12)OC[C@H]1CN(C(=O)O)CCN31. The summed E-state index contributed by atoms with van der Waals surface area (Å²) in [4.78, 5) is 19.8. The number of fused-ring (bicyclic) bond motifs is 6. The maximum absolute atomic E-state index is 11.5. The average Bonchev–Trinajstić information content (AvgIpc) is 3.31. The van der Waals surface area contributed by atoms with Crippen molar-refractivity contribution in [3.63, 3.8) is 0 Å². The van der Waals surface area contributed by atoms with Gasteiger partial charge < -0.3 is 19.6 Å². The average molecular weight is 439 g/mol. The van der Waals surface area contributed by atoms with Crippen molar-refractivity contribution in [3.05, 3.63) is 47.8 Å². The van der Waals surface area contributed by atoms with Crippen LogP contribution in [-0.4, -0.2) is 63.6 Å². The second kappa shape index (κ2) is 7.14. The summed E-state index contributed by atoms with van der Waals surface area (Å²) >= 11 is 0. The fourth-order valence-corrected chi connectivity index (χ4v) is 5.07. The molecule has 8 nitrogen and oxygen atoms in total. The van der Waals surface area contributed by atoms with Gasteiger partial charge in [0, 0.05) is 41.5 Å². The molecule has 1 amide bonds. The zero-order valence-corrected chi connectivity index (χ0v) is 18.0. The molecule has 1 atom stereocenters. The molecule has 4 heterocycles. The van der Waals surface area contributed by atoms with Crippen molar-refractivity contribution in [2.75, 3.05) is 31.1 Å². The quantitative estimate of drug-likeness (QED) is 0.440. The summed E-state index contributed by atoms with van der Waals surface area (Å²) in [6.07, 6.45) is 8.67. The summed E-state index contributed by atoms with van der Waals surface area (Å²) in [6, 6.07) is 8.06. The molecule has 0 saturated carbocycles. The largest absolute Gasteiger partial charge is 0.488 e. The van der Waals surface area contributed by atoms with E-state index in [1.54, 1.807) is 6.20 Å². The second-order valence-electron chi connectivity index (χ2n) is 8.51. The van der Waals surface area contributed by atoms with Gasteiger partial charge in [0.15, 0.2) is 5.75 Å². The van der Waals surface area contributed by atoms with Gasteiger partial charge in [-0.05, 0) is 36.2 Å². The Balaban J connectivity index is 1.54. The molecule has 2 aromatic carbocycles. The lowest BCUT2D eigenvalue weighted by molar-refractivity contribution is 0.123. The van der Waals surface area contributed by atoms with E-state index in [0.29, 0.717) is 32.0 Å². The van der Waals surface area contributed by atoms with E-state index in [2.05, 4.69) is 39.0 Å². The predicted octanol–water partition coefficient (Wildman–Crippen LogP) is 3.63. The standard InChI is InChI=1S/C25H21N5O3/c1-3-15-8-18-21(9-17(15)23-14(2)4-5-20-19(23)10-27-28-20)26-11-22-24(18)30-7-6-29(25(31)32)12-16(30)13-33-22/h1,4-5,8-11,16H,6-7,12-13H2,2H3,(H,27,28)(H,31,32)/t16-/m1/s1. The van der Waals surface area contributed by atoms with Crippen molar-refractivity contribution in [3.8, 4) is 29.2 Å². The molecule has 2 aliphatic rings. The number of nitrogens with zero attached hydrogens (tertiary/aromatic N) is 4. The van der Waals surface area contributed by atoms with Gasteiger partial charge in [0.1, 0.15) is 6.61 Å². The van der Waals surface area contributed by atoms with E-state index in [0.717, 1.165) is 49.7 Å². The van der Waals surface area contributed by atoms with Crippen LogP contribution in [-0.2, 0) is 0 Å². The Morgan fingerprint density at radius 1 is 1.27 bits per heavy atom. The van der Waals surface area contributed by atoms with Crippen molar-refractivity contribution in [1.82, 2.24) is 20.1 Å². The number of aryl methyl sites for hydroxylation is 1. The van der Waals surface area contributed by atoms with Crippen molar-refractivity contribution in [2.45, 2.75) is 13.0 Å². The highest BCUT2D eigenvalue weighted by atomic mass is 16.5. The maximum atomic E-state index is 11.5. The molecule has 8 heteroatoms. The van der Waals surface area contributed by atoms with Crippen LogP contribution >= 0.6 is 0 Å². The van der Waals surface area contributed by atoms with Crippen LogP contribution in [0.4, 0.5) is 10.5 Å². The van der Waals surface area contributed by atoms with E-state index in [-0.39, 0.29) is 6.04 Å². The normalized spacial score (nSPS) is 17.4. The third kappa shape index (κ3) is 2.89. The molecular weight excluding hydrogens is 418 g/mol. The van der Waals surface area contributed by atoms with Gasteiger partial charge in [-0.1, -0.05) is 12.0 Å². The first-order valence-corrected chi connectivity index (χ1v) is 10.8. The first kappa shape index (κ1) is 19.4. The lowest BCUT2D eigenvalue weighted by atomic mass is 9.91. The van der Waals surface area contributed by atoms with Crippen LogP contribution in [0.5, 0.6) is 5.75 Å². The number of carboxylic acid groups (broad SMARTS) is 1. The first-order valence-electron chi connectivity index (χ1n) is 10.8. The number of ether oxygens (including phenoxy) is 1. The molecule has 0 bridgehead atoms. The number of carbonyl (C=O) groups is 1. The van der Waals surface area contributed by atoms with Crippen molar-refractivity contribution >= 4 is 33.6 Å². The van der Waals surface area contributed by atoms with Crippen molar-refractivity contribution in [2.24, 2.45) is 0 Å². The molecule has 1 fully saturated rings. The van der Waals surface area contributed by atoms with Gasteiger partial charge in [0.2, 0.25) is 0 Å². The van der Waals surface area contributed by atoms with Crippen LogP contribution in [0.2, 0.25) is 0 Å². The van der Waals surface area contributed by atoms with Crippen LogP contribution in [0.15, 0.2) is 36.7 Å². The highest BCUT2D eigenvalue weighted by molar-refractivity contribution is 6.03. The Morgan fingerprint density at radius 3 is 2.97 bits per heavy atom. The number of nitrogens with one attached hydrogen (secondary N) is 1. The number of aromatic nitrogens is 3. The lowest BCUT2D eigenvalue weighted by Gasteiger charge is -2.45. The number of rotatable bonds is 1. The van der Waals surface area contributed by atoms with Gasteiger partial charge in [0.25, 0.3) is 0 Å². The van der Waals surface area contributed by atoms with Gasteiger partial charge in [-0.25, -0.2) is 4.79 Å². The van der Waals surface area contributed by atoms with E-state index in [9.17, 15) is 9.90 Å². The fourth-order valence-electron chi connectivity index (χ4n) is 5.07. The summed E-state index contributed by atoms with van der Waals surface area (Å²) < 4.78 is 6.00. The van der Waals surface area contributed by atoms with E-state index in [1.807, 2.05) is 24.4 Å². The number of hydrogen-bond donors (Lipinski definition) is 2. The Bertz CT molecular complexity index is 1490. The van der Waals surface area contributed by atoms with E-state index in [4.69, 9.17) is 11.2 Å². The molecule has 6 rings (SSSR count). The minimum atomic E-state index is -0.900. The van der Waals surface area contributed by atoms with Crippen molar-refractivity contribution < 1.29 is 14.6 Å². The maximum Gasteiger partial charge on any atom is 0.407 e. The molecule has 2 aromatic heterocycles. The molecule has 2 N–H and O–H groups in total. The molecule has 4 aromatic rings. The Labute approximate surface area is 189 Å². The Morgan fingerprint density at radius 2 is 2.15 bits per heavy atom. The van der Waals surface area contributed by atoms with Crippen LogP contribution in [0, 0.1) is 19.3 Å². The summed E-state index contributed by atoms with van der Waals surface area (Å²) in [5.41, 5.74) is 6.54. The van der Waals surface area contributed by atoms with Gasteiger partial charge in [-0.3, -0.25) is 10.1 Å². The monoisotopic (exact) mass is 439 g/mol. The number of hydrogen-bond acceptors (Lipinski definition) is 5. The van der Waals surface area contributed by atoms with Gasteiger partial charge in [-0.15, -0.1) is 6.42 Å². The molecule has 0 radical (unpaired) electrons. The highest BCUT2D eigenvalue weighted by Gasteiger charge is 2.36. The fraction of sp³-hybridized carbons (Fsp3) is 0.240. The number of pyridine rings is 1. The number of H-pyrrole nitrogens is 1. The smallest absolute Gasteiger partial charge is 0.407 e. The molecule has 0 unspecified atom stereocenters. The Kier molecular flexibility index (Phi) is 4.20. The summed E-state index contributed by atoms with van der Waals surface area (Å²) in [5.74, 6) is 3.57. The molecule has 0 aliphatic carbocycles. The van der Waals surface area contributed by atoms with Crippen LogP contribution in [0.3, 0.4) is 0 Å². The second-order valence-corrected chi connectivity index (χ2v) is 8.51. The van der Waals surface area contributed by atoms with Gasteiger partial charge >= 0.3 is 6.09 Å². The van der Waals surface area contributed by atoms with E-state index >= 15 is 0 Å². The molecule has 1 saturated heterocycles. The highest BCUT2D eigenvalue weighted by Crippen LogP contribution is 2.43. The Hall–Kier alpha value is -4.25. The third-order valence-electron chi connectivity index (χ3n) is 6.67. The number of piperazine rings is 1. The summed E-state index contributed by atoms with van der Waals surface area (Å²) in [7, 11) is 0. The minimum absolute atomic E-state index is 0.0520. The zero-order valence-electron chi connectivity index (χ0n) is 18.0. The first-order chi connectivity index (χ1) is 16.0. The lowest BCUT2D eigenvalue weighted by Crippen LogP contribution is -2.58. The van der Waals surface area contributed by atoms with Gasteiger partial charge in [0.05, 0.1) is 35.2 Å². The molecule has 33 heavy (non-hydrogen) atoms. The topological polar surface area (TPSA) is 94.6 Å². The number of anilines is 1. The van der Waals surface area contributed by atoms with Gasteiger partial charge in [-0.2, -0.15) is 5.10 Å². The number of aromatic amines is 1. The van der Waals surface area contributed by atoms with Crippen LogP contribution < -0.4 is 9.64 Å². The summed E-state index contributed by atoms with van der Waals surface area (Å²) in [5, 5.41) is 18.6. The summed E-state index contributed by atoms with van der Waals surface area (Å²) in [6.45, 7) is 3.92. The van der Waals surface area contributed by atoms with E-state index in [1.165, 1.54) is 4.90 Å². The van der Waals surface area contributed by atoms with E-state index < -0.39 is 6.09 Å². The minimum Gasteiger partial charge on any atom is -0.488 e. The number of terminal acetylenes is 1. The molecule has 2 aliphatic heterocycles. The molecular formula is C25H21N5O3. The van der Waals surface area contributed by atoms with Crippen LogP contribution in [0.25, 0.3) is 32.9 Å². The predicted molar refractivity (Wildman–Crippen MR) is 126 cm³/mol. The molecule has 0 spiro atoms. The van der Waals surface area contributed by atoms with Crippen molar-refractivity contribution in [1.29, 1.82) is 0 Å². The molecule has 164 valence electrons. The zero-order chi connectivity index (χ0) is 22.7. The van der Waals surface area contributed by atoms with Crippen LogP contribution in [0.1, 0.15) is 11.1 Å². The number of benzene rings is 2.